The molecule has 0 aliphatic heterocycles. The highest BCUT2D eigenvalue weighted by Gasteiger charge is 2.28. The van der Waals surface area contributed by atoms with Crippen LogP contribution in [0.4, 0.5) is 11.4 Å². The molecule has 0 atom stereocenters. The Morgan fingerprint density at radius 1 is 0.872 bits per heavy atom. The molecule has 0 radical (unpaired) electrons. The number of rotatable bonds is 15. The molecule has 2 aromatic rings. The first-order valence-corrected chi connectivity index (χ1v) is 14.4. The molecule has 1 fully saturated rings. The number of esters is 2. The molecule has 1 saturated carbocycles. The fourth-order valence-electron chi connectivity index (χ4n) is 4.82. The zero-order chi connectivity index (χ0) is 27.9. The van der Waals surface area contributed by atoms with Crippen molar-refractivity contribution in [3.63, 3.8) is 0 Å². The molecule has 0 aromatic heterocycles. The van der Waals surface area contributed by atoms with E-state index in [0.717, 1.165) is 49.8 Å². The molecule has 0 saturated heterocycles. The van der Waals surface area contributed by atoms with Crippen LogP contribution in [0.2, 0.25) is 0 Å². The van der Waals surface area contributed by atoms with Crippen molar-refractivity contribution in [3.8, 4) is 5.75 Å². The van der Waals surface area contributed by atoms with Crippen molar-refractivity contribution in [2.24, 2.45) is 5.92 Å². The number of nitrogens with two attached hydrogens (primary N) is 2. The monoisotopic (exact) mass is 536 g/mol. The molecule has 0 heterocycles. The van der Waals surface area contributed by atoms with Crippen molar-refractivity contribution in [2.75, 3.05) is 24.7 Å². The van der Waals surface area contributed by atoms with Gasteiger partial charge >= 0.3 is 11.9 Å². The summed E-state index contributed by atoms with van der Waals surface area (Å²) in [5, 5.41) is 0. The second-order valence-corrected chi connectivity index (χ2v) is 10.4. The first-order chi connectivity index (χ1) is 18.9. The standard InChI is InChI=1S/C32H44N2O5/c1-2-3-4-5-6-7-19-37-29-15-11-26(12-16-29)32(36)39-30-13-8-24(9-14-30)10-17-31(35)38-20-18-25-21-27(33)23-28(34)22-25/h8-10,13-14,17,21-23,26,29H,2-7,11-12,15-16,18-20,33-34H2,1H3/b17-10+. The summed E-state index contributed by atoms with van der Waals surface area (Å²) in [5.74, 6) is -0.202. The van der Waals surface area contributed by atoms with E-state index in [2.05, 4.69) is 6.92 Å². The van der Waals surface area contributed by atoms with E-state index in [0.29, 0.717) is 23.5 Å². The molecule has 7 nitrogen and oxygen atoms in total. The number of unbranched alkanes of at least 4 members (excludes halogenated alkanes) is 5. The molecule has 0 spiro atoms. The van der Waals surface area contributed by atoms with Gasteiger partial charge in [-0.15, -0.1) is 0 Å². The summed E-state index contributed by atoms with van der Waals surface area (Å²) in [6.07, 6.45) is 14.8. The number of ether oxygens (including phenoxy) is 3. The first kappa shape index (κ1) is 30.2. The summed E-state index contributed by atoms with van der Waals surface area (Å²) in [6, 6.07) is 12.4. The van der Waals surface area contributed by atoms with E-state index < -0.39 is 5.97 Å². The summed E-state index contributed by atoms with van der Waals surface area (Å²) in [5.41, 5.74) is 14.5. The van der Waals surface area contributed by atoms with Crippen LogP contribution < -0.4 is 16.2 Å². The fraction of sp³-hybridized carbons (Fsp3) is 0.500. The largest absolute Gasteiger partial charge is 0.462 e. The van der Waals surface area contributed by atoms with Crippen LogP contribution in [-0.4, -0.2) is 31.3 Å². The van der Waals surface area contributed by atoms with Crippen LogP contribution in [0.15, 0.2) is 48.5 Å². The van der Waals surface area contributed by atoms with Gasteiger partial charge in [0.1, 0.15) is 5.75 Å². The van der Waals surface area contributed by atoms with E-state index in [-0.39, 0.29) is 24.6 Å². The molecule has 0 amide bonds. The highest BCUT2D eigenvalue weighted by atomic mass is 16.5. The first-order valence-electron chi connectivity index (χ1n) is 14.4. The Balaban J connectivity index is 1.31. The zero-order valence-electron chi connectivity index (χ0n) is 23.2. The van der Waals surface area contributed by atoms with E-state index >= 15 is 0 Å². The van der Waals surface area contributed by atoms with Gasteiger partial charge in [0.25, 0.3) is 0 Å². The Hall–Kier alpha value is -3.32. The van der Waals surface area contributed by atoms with Crippen molar-refractivity contribution < 1.29 is 23.8 Å². The van der Waals surface area contributed by atoms with E-state index in [9.17, 15) is 9.59 Å². The number of hydrogen-bond donors (Lipinski definition) is 2. The van der Waals surface area contributed by atoms with E-state index in [1.165, 1.54) is 38.2 Å². The lowest BCUT2D eigenvalue weighted by Gasteiger charge is -2.27. The highest BCUT2D eigenvalue weighted by molar-refractivity contribution is 5.87. The lowest BCUT2D eigenvalue weighted by Crippen LogP contribution is -2.29. The maximum Gasteiger partial charge on any atom is 0.330 e. The molecule has 4 N–H and O–H groups in total. The van der Waals surface area contributed by atoms with Gasteiger partial charge in [0, 0.05) is 30.5 Å². The SMILES string of the molecule is CCCCCCCCOC1CCC(C(=O)Oc2ccc(/C=C/C(=O)OCCc3cc(N)cc(N)c3)cc2)CC1. The maximum absolute atomic E-state index is 12.6. The second-order valence-electron chi connectivity index (χ2n) is 10.4. The van der Waals surface area contributed by atoms with Gasteiger partial charge in [0.2, 0.25) is 0 Å². The molecule has 7 heteroatoms. The smallest absolute Gasteiger partial charge is 0.330 e. The van der Waals surface area contributed by atoms with E-state index in [1.54, 1.807) is 36.4 Å². The van der Waals surface area contributed by atoms with Crippen molar-refractivity contribution in [1.82, 2.24) is 0 Å². The molecular formula is C32H44N2O5. The number of benzene rings is 2. The predicted octanol–water partition coefficient (Wildman–Crippen LogP) is 6.49. The van der Waals surface area contributed by atoms with Gasteiger partial charge in [0.15, 0.2) is 0 Å². The molecule has 1 aliphatic rings. The van der Waals surface area contributed by atoms with Crippen molar-refractivity contribution in [3.05, 3.63) is 59.7 Å². The maximum atomic E-state index is 12.6. The van der Waals surface area contributed by atoms with Crippen molar-refractivity contribution in [2.45, 2.75) is 83.7 Å². The van der Waals surface area contributed by atoms with Gasteiger partial charge < -0.3 is 25.7 Å². The molecule has 2 aromatic carbocycles. The van der Waals surface area contributed by atoms with Crippen LogP contribution in [0.25, 0.3) is 6.08 Å². The normalized spacial score (nSPS) is 17.3. The van der Waals surface area contributed by atoms with Crippen LogP contribution in [0.3, 0.4) is 0 Å². The molecular weight excluding hydrogens is 492 g/mol. The van der Waals surface area contributed by atoms with Crippen molar-refractivity contribution in [1.29, 1.82) is 0 Å². The number of nitrogen functional groups attached to an aromatic ring is 2. The predicted molar refractivity (Wildman–Crippen MR) is 156 cm³/mol. The van der Waals surface area contributed by atoms with Crippen LogP contribution in [0, 0.1) is 5.92 Å². The number of anilines is 2. The Bertz CT molecular complexity index is 1040. The van der Waals surface area contributed by atoms with Crippen LogP contribution in [0.1, 0.15) is 82.3 Å². The summed E-state index contributed by atoms with van der Waals surface area (Å²) in [6.45, 7) is 3.29. The molecule has 0 unspecified atom stereocenters. The minimum atomic E-state index is -0.436. The summed E-state index contributed by atoms with van der Waals surface area (Å²) in [7, 11) is 0. The summed E-state index contributed by atoms with van der Waals surface area (Å²) < 4.78 is 16.9. The minimum absolute atomic E-state index is 0.0861. The van der Waals surface area contributed by atoms with Gasteiger partial charge in [-0.2, -0.15) is 0 Å². The third kappa shape index (κ3) is 11.5. The number of hydrogen-bond acceptors (Lipinski definition) is 7. The molecule has 3 rings (SSSR count). The Morgan fingerprint density at radius 2 is 1.54 bits per heavy atom. The van der Waals surface area contributed by atoms with Crippen LogP contribution in [-0.2, 0) is 25.5 Å². The molecule has 39 heavy (non-hydrogen) atoms. The van der Waals surface area contributed by atoms with Crippen LogP contribution in [0.5, 0.6) is 5.75 Å². The fourth-order valence-corrected chi connectivity index (χ4v) is 4.82. The Labute approximate surface area is 232 Å². The van der Waals surface area contributed by atoms with Gasteiger partial charge in [-0.3, -0.25) is 4.79 Å². The molecule has 0 bridgehead atoms. The number of carbonyl (C=O) groups is 2. The topological polar surface area (TPSA) is 114 Å². The number of carbonyl (C=O) groups excluding carboxylic acids is 2. The zero-order valence-corrected chi connectivity index (χ0v) is 23.2. The average molecular weight is 537 g/mol. The third-order valence-corrected chi connectivity index (χ3v) is 7.04. The van der Waals surface area contributed by atoms with Gasteiger partial charge in [-0.1, -0.05) is 51.2 Å². The molecule has 212 valence electrons. The lowest BCUT2D eigenvalue weighted by atomic mass is 9.87. The Morgan fingerprint density at radius 3 is 2.23 bits per heavy atom. The average Bonchev–Trinajstić information content (AvgIpc) is 2.92. The highest BCUT2D eigenvalue weighted by Crippen LogP contribution is 2.28. The summed E-state index contributed by atoms with van der Waals surface area (Å²) >= 11 is 0. The second kappa shape index (κ2) is 16.6. The van der Waals surface area contributed by atoms with Gasteiger partial charge in [-0.05, 0) is 79.6 Å². The Kier molecular flexibility index (Phi) is 12.9. The van der Waals surface area contributed by atoms with E-state index in [1.807, 2.05) is 12.1 Å². The van der Waals surface area contributed by atoms with Gasteiger partial charge in [0.05, 0.1) is 18.6 Å². The van der Waals surface area contributed by atoms with E-state index in [4.69, 9.17) is 25.7 Å². The summed E-state index contributed by atoms with van der Waals surface area (Å²) in [4.78, 5) is 24.7. The minimum Gasteiger partial charge on any atom is -0.462 e. The van der Waals surface area contributed by atoms with Crippen LogP contribution >= 0.6 is 0 Å². The third-order valence-electron chi connectivity index (χ3n) is 7.04. The lowest BCUT2D eigenvalue weighted by molar-refractivity contribution is -0.141. The van der Waals surface area contributed by atoms with Crippen molar-refractivity contribution >= 4 is 29.4 Å². The quantitative estimate of drug-likeness (QED) is 0.0879. The van der Waals surface area contributed by atoms with Gasteiger partial charge in [-0.25, -0.2) is 4.79 Å². The molecule has 1 aliphatic carbocycles.